The van der Waals surface area contributed by atoms with Crippen LogP contribution in [0.4, 0.5) is 0 Å². The quantitative estimate of drug-likeness (QED) is 0.575. The zero-order valence-electron chi connectivity index (χ0n) is 9.68. The van der Waals surface area contributed by atoms with E-state index in [0.29, 0.717) is 0 Å². The molecule has 1 atom stereocenters. The third-order valence-electron chi connectivity index (χ3n) is 2.38. The summed E-state index contributed by atoms with van der Waals surface area (Å²) in [6.45, 7) is 6.10. The van der Waals surface area contributed by atoms with Gasteiger partial charge < -0.3 is 5.32 Å². The molecule has 0 rings (SSSR count). The summed E-state index contributed by atoms with van der Waals surface area (Å²) < 4.78 is 0. The Morgan fingerprint density at radius 3 is 2.43 bits per heavy atom. The van der Waals surface area contributed by atoms with Crippen LogP contribution in [0.3, 0.4) is 0 Å². The van der Waals surface area contributed by atoms with Gasteiger partial charge >= 0.3 is 0 Å². The highest BCUT2D eigenvalue weighted by atomic mass is 14.8. The van der Waals surface area contributed by atoms with Crippen LogP contribution in [0.15, 0.2) is 0 Å². The van der Waals surface area contributed by atoms with Crippen molar-refractivity contribution in [2.24, 2.45) is 5.92 Å². The summed E-state index contributed by atoms with van der Waals surface area (Å²) in [6.07, 6.45) is 8.01. The molecule has 0 aromatic carbocycles. The Morgan fingerprint density at radius 1 is 1.14 bits per heavy atom. The fraction of sp³-hybridized carbons (Fsp3) is 0.917. The van der Waals surface area contributed by atoms with Gasteiger partial charge in [-0.2, -0.15) is 5.26 Å². The highest BCUT2D eigenvalue weighted by Crippen LogP contribution is 2.04. The molecule has 0 aliphatic carbocycles. The number of hydrogen-bond donors (Lipinski definition) is 1. The Balaban J connectivity index is 2.96. The van der Waals surface area contributed by atoms with Crippen molar-refractivity contribution in [1.29, 1.82) is 5.26 Å². The zero-order chi connectivity index (χ0) is 10.6. The van der Waals surface area contributed by atoms with Crippen LogP contribution in [0.2, 0.25) is 0 Å². The summed E-state index contributed by atoms with van der Waals surface area (Å²) in [6, 6.07) is 2.22. The van der Waals surface area contributed by atoms with Gasteiger partial charge in [0.25, 0.3) is 0 Å². The van der Waals surface area contributed by atoms with E-state index in [-0.39, 0.29) is 5.92 Å². The van der Waals surface area contributed by atoms with Crippen molar-refractivity contribution >= 4 is 0 Å². The zero-order valence-corrected chi connectivity index (χ0v) is 9.68. The molecule has 14 heavy (non-hydrogen) atoms. The first kappa shape index (κ1) is 13.4. The highest BCUT2D eigenvalue weighted by Gasteiger charge is 1.96. The van der Waals surface area contributed by atoms with E-state index >= 15 is 0 Å². The Bertz CT molecular complexity index is 149. The van der Waals surface area contributed by atoms with E-state index in [2.05, 4.69) is 18.3 Å². The van der Waals surface area contributed by atoms with E-state index in [0.717, 1.165) is 13.1 Å². The first-order chi connectivity index (χ1) is 6.81. The summed E-state index contributed by atoms with van der Waals surface area (Å²) in [7, 11) is 0. The minimum atomic E-state index is 0.148. The number of nitrogens with one attached hydrogen (secondary N) is 1. The minimum Gasteiger partial charge on any atom is -0.315 e. The maximum Gasteiger partial charge on any atom is 0.0666 e. The van der Waals surface area contributed by atoms with Crippen LogP contribution in [0.5, 0.6) is 0 Å². The molecule has 82 valence electrons. The van der Waals surface area contributed by atoms with Gasteiger partial charge in [0.2, 0.25) is 0 Å². The van der Waals surface area contributed by atoms with Gasteiger partial charge in [0.1, 0.15) is 0 Å². The lowest BCUT2D eigenvalue weighted by Crippen LogP contribution is -2.21. The van der Waals surface area contributed by atoms with E-state index in [1.807, 2.05) is 6.92 Å². The van der Waals surface area contributed by atoms with Crippen molar-refractivity contribution in [2.45, 2.75) is 52.4 Å². The van der Waals surface area contributed by atoms with Gasteiger partial charge in [0, 0.05) is 6.54 Å². The van der Waals surface area contributed by atoms with Gasteiger partial charge in [-0.25, -0.2) is 0 Å². The van der Waals surface area contributed by atoms with Gasteiger partial charge in [0.15, 0.2) is 0 Å². The van der Waals surface area contributed by atoms with Crippen molar-refractivity contribution in [2.75, 3.05) is 13.1 Å². The lowest BCUT2D eigenvalue weighted by atomic mass is 10.1. The van der Waals surface area contributed by atoms with Gasteiger partial charge in [0.05, 0.1) is 12.0 Å². The molecule has 1 N–H and O–H groups in total. The summed E-state index contributed by atoms with van der Waals surface area (Å²) >= 11 is 0. The first-order valence-electron chi connectivity index (χ1n) is 5.91. The van der Waals surface area contributed by atoms with Gasteiger partial charge in [-0.1, -0.05) is 39.0 Å². The summed E-state index contributed by atoms with van der Waals surface area (Å²) in [5, 5.41) is 11.8. The molecule has 0 spiro atoms. The van der Waals surface area contributed by atoms with Crippen molar-refractivity contribution in [3.05, 3.63) is 0 Å². The van der Waals surface area contributed by atoms with E-state index in [1.54, 1.807) is 0 Å². The molecule has 0 fully saturated rings. The third kappa shape index (κ3) is 9.54. The molecular formula is C12H24N2. The second-order valence-corrected chi connectivity index (χ2v) is 4.00. The van der Waals surface area contributed by atoms with E-state index in [1.165, 1.54) is 38.5 Å². The van der Waals surface area contributed by atoms with E-state index < -0.39 is 0 Å². The molecule has 0 bridgehead atoms. The summed E-state index contributed by atoms with van der Waals surface area (Å²) in [5.41, 5.74) is 0. The largest absolute Gasteiger partial charge is 0.315 e. The molecule has 2 nitrogen and oxygen atoms in total. The molecule has 0 aliphatic rings. The standard InChI is InChI=1S/C12H24N2/c1-3-4-5-6-7-8-9-14-11-12(2)10-13/h12,14H,3-9,11H2,1-2H3. The number of unbranched alkanes of at least 4 members (excludes halogenated alkanes) is 5. The lowest BCUT2D eigenvalue weighted by Gasteiger charge is -2.05. The fourth-order valence-corrected chi connectivity index (χ4v) is 1.39. The summed E-state index contributed by atoms with van der Waals surface area (Å²) in [4.78, 5) is 0. The second-order valence-electron chi connectivity index (χ2n) is 4.00. The number of nitrogens with zero attached hydrogens (tertiary/aromatic N) is 1. The van der Waals surface area contributed by atoms with Crippen molar-refractivity contribution in [1.82, 2.24) is 5.32 Å². The van der Waals surface area contributed by atoms with Crippen LogP contribution >= 0.6 is 0 Å². The van der Waals surface area contributed by atoms with Crippen molar-refractivity contribution in [3.8, 4) is 6.07 Å². The Labute approximate surface area is 88.7 Å². The van der Waals surface area contributed by atoms with Crippen LogP contribution in [0.1, 0.15) is 52.4 Å². The van der Waals surface area contributed by atoms with Gasteiger partial charge in [-0.05, 0) is 19.9 Å². The Morgan fingerprint density at radius 2 is 1.79 bits per heavy atom. The molecule has 0 aliphatic heterocycles. The van der Waals surface area contributed by atoms with Crippen molar-refractivity contribution in [3.63, 3.8) is 0 Å². The molecule has 0 radical (unpaired) electrons. The second kappa shape index (κ2) is 10.5. The number of nitriles is 1. The van der Waals surface area contributed by atoms with Crippen LogP contribution in [0, 0.1) is 17.2 Å². The summed E-state index contributed by atoms with van der Waals surface area (Å²) in [5.74, 6) is 0.148. The monoisotopic (exact) mass is 196 g/mol. The molecule has 0 aromatic rings. The first-order valence-corrected chi connectivity index (χ1v) is 5.91. The number of rotatable bonds is 9. The van der Waals surface area contributed by atoms with E-state index in [4.69, 9.17) is 5.26 Å². The van der Waals surface area contributed by atoms with Crippen LogP contribution in [-0.4, -0.2) is 13.1 Å². The van der Waals surface area contributed by atoms with E-state index in [9.17, 15) is 0 Å². The van der Waals surface area contributed by atoms with Crippen molar-refractivity contribution < 1.29 is 0 Å². The maximum absolute atomic E-state index is 8.54. The average molecular weight is 196 g/mol. The molecule has 0 aromatic heterocycles. The average Bonchev–Trinajstić information content (AvgIpc) is 2.21. The highest BCUT2D eigenvalue weighted by molar-refractivity contribution is 4.79. The lowest BCUT2D eigenvalue weighted by molar-refractivity contribution is 0.547. The Kier molecular flexibility index (Phi) is 10.1. The van der Waals surface area contributed by atoms with Gasteiger partial charge in [-0.3, -0.25) is 0 Å². The maximum atomic E-state index is 8.54. The smallest absolute Gasteiger partial charge is 0.0666 e. The topological polar surface area (TPSA) is 35.8 Å². The minimum absolute atomic E-state index is 0.148. The van der Waals surface area contributed by atoms with Crippen LogP contribution in [-0.2, 0) is 0 Å². The molecule has 0 saturated carbocycles. The normalized spacial score (nSPS) is 12.4. The van der Waals surface area contributed by atoms with Crippen LogP contribution < -0.4 is 5.32 Å². The third-order valence-corrected chi connectivity index (χ3v) is 2.38. The van der Waals surface area contributed by atoms with Crippen LogP contribution in [0.25, 0.3) is 0 Å². The molecule has 0 saturated heterocycles. The predicted molar refractivity (Wildman–Crippen MR) is 61.0 cm³/mol. The SMILES string of the molecule is CCCCCCCCNCC(C)C#N. The molecule has 0 amide bonds. The van der Waals surface area contributed by atoms with Gasteiger partial charge in [-0.15, -0.1) is 0 Å². The molecule has 1 unspecified atom stereocenters. The molecule has 0 heterocycles. The number of hydrogen-bond acceptors (Lipinski definition) is 2. The Hall–Kier alpha value is -0.550. The molecular weight excluding hydrogens is 172 g/mol. The molecule has 2 heteroatoms. The fourth-order valence-electron chi connectivity index (χ4n) is 1.39. The predicted octanol–water partition coefficient (Wildman–Crippen LogP) is 3.10.